The van der Waals surface area contributed by atoms with Gasteiger partial charge in [-0.25, -0.2) is 9.97 Å². The van der Waals surface area contributed by atoms with E-state index in [2.05, 4.69) is 34.9 Å². The number of halogens is 1. The van der Waals surface area contributed by atoms with E-state index in [0.29, 0.717) is 5.92 Å². The van der Waals surface area contributed by atoms with Crippen LogP contribution in [0.15, 0.2) is 24.3 Å². The predicted molar refractivity (Wildman–Crippen MR) is 91.6 cm³/mol. The van der Waals surface area contributed by atoms with Crippen molar-refractivity contribution >= 4 is 23.9 Å². The third kappa shape index (κ3) is 3.02. The van der Waals surface area contributed by atoms with Gasteiger partial charge in [-0.05, 0) is 37.8 Å². The van der Waals surface area contributed by atoms with Crippen LogP contribution in [0.1, 0.15) is 24.0 Å². The first kappa shape index (κ1) is 16.6. The molecule has 1 unspecified atom stereocenters. The second-order valence-electron chi connectivity index (χ2n) is 5.79. The van der Waals surface area contributed by atoms with Gasteiger partial charge in [-0.2, -0.15) is 0 Å². The highest BCUT2D eigenvalue weighted by molar-refractivity contribution is 5.85. The van der Waals surface area contributed by atoms with Crippen LogP contribution in [-0.2, 0) is 12.8 Å². The van der Waals surface area contributed by atoms with Crippen LogP contribution in [0.3, 0.4) is 0 Å². The molecule has 1 aliphatic carbocycles. The number of ether oxygens (including phenoxy) is 1. The van der Waals surface area contributed by atoms with Crippen molar-refractivity contribution in [3.05, 3.63) is 41.3 Å². The van der Waals surface area contributed by atoms with Gasteiger partial charge < -0.3 is 9.64 Å². The molecular weight excluding hydrogens is 298 g/mol. The van der Waals surface area contributed by atoms with Crippen molar-refractivity contribution < 1.29 is 4.74 Å². The van der Waals surface area contributed by atoms with Gasteiger partial charge in [0.05, 0.1) is 7.11 Å². The number of hydrogen-bond acceptors (Lipinski definition) is 4. The second kappa shape index (κ2) is 6.53. The summed E-state index contributed by atoms with van der Waals surface area (Å²) < 4.78 is 5.31. The summed E-state index contributed by atoms with van der Waals surface area (Å²) in [5, 5.41) is 0. The van der Waals surface area contributed by atoms with Gasteiger partial charge in [0.2, 0.25) is 0 Å². The fourth-order valence-electron chi connectivity index (χ4n) is 2.99. The van der Waals surface area contributed by atoms with E-state index in [1.54, 1.807) is 7.11 Å². The number of aromatic nitrogens is 2. The van der Waals surface area contributed by atoms with Gasteiger partial charge >= 0.3 is 0 Å². The number of benzene rings is 1. The lowest BCUT2D eigenvalue weighted by Crippen LogP contribution is -2.15. The average Bonchev–Trinajstić information content (AvgIpc) is 2.85. The van der Waals surface area contributed by atoms with E-state index in [9.17, 15) is 0 Å². The standard InChI is InChI=1S/C17H21N3O.ClH/c1-11-8-15-16(9-11)18-12(2)19-17(15)20(3)13-6-5-7-14(10-13)21-4;/h5-7,10-11H,8-9H2,1-4H3;1H. The van der Waals surface area contributed by atoms with Crippen molar-refractivity contribution in [3.8, 4) is 5.75 Å². The van der Waals surface area contributed by atoms with Gasteiger partial charge in [-0.15, -0.1) is 12.4 Å². The van der Waals surface area contributed by atoms with Gasteiger partial charge in [0, 0.05) is 30.1 Å². The highest BCUT2D eigenvalue weighted by Crippen LogP contribution is 2.35. The van der Waals surface area contributed by atoms with Crippen LogP contribution in [0.2, 0.25) is 0 Å². The first-order chi connectivity index (χ1) is 10.1. The smallest absolute Gasteiger partial charge is 0.139 e. The van der Waals surface area contributed by atoms with Crippen molar-refractivity contribution in [2.24, 2.45) is 5.92 Å². The maximum atomic E-state index is 5.31. The molecule has 1 aromatic heterocycles. The molecule has 0 saturated carbocycles. The fraction of sp³-hybridized carbons (Fsp3) is 0.412. The molecule has 2 aromatic rings. The van der Waals surface area contributed by atoms with E-state index >= 15 is 0 Å². The molecule has 0 saturated heterocycles. The molecule has 0 bridgehead atoms. The van der Waals surface area contributed by atoms with Crippen LogP contribution >= 0.6 is 12.4 Å². The van der Waals surface area contributed by atoms with Crippen LogP contribution in [0.5, 0.6) is 5.75 Å². The highest BCUT2D eigenvalue weighted by atomic mass is 35.5. The number of methoxy groups -OCH3 is 1. The van der Waals surface area contributed by atoms with Gasteiger partial charge in [0.1, 0.15) is 17.4 Å². The Labute approximate surface area is 138 Å². The topological polar surface area (TPSA) is 38.2 Å². The molecular formula is C17H22ClN3O. The van der Waals surface area contributed by atoms with Crippen molar-refractivity contribution in [2.45, 2.75) is 26.7 Å². The Kier molecular flexibility index (Phi) is 4.91. The summed E-state index contributed by atoms with van der Waals surface area (Å²) in [4.78, 5) is 11.4. The van der Waals surface area contributed by atoms with Crippen molar-refractivity contribution in [1.82, 2.24) is 9.97 Å². The Hall–Kier alpha value is -1.81. The zero-order valence-corrected chi connectivity index (χ0v) is 14.3. The Balaban J connectivity index is 0.00000176. The van der Waals surface area contributed by atoms with Crippen LogP contribution < -0.4 is 9.64 Å². The van der Waals surface area contributed by atoms with E-state index in [4.69, 9.17) is 4.74 Å². The van der Waals surface area contributed by atoms with E-state index < -0.39 is 0 Å². The van der Waals surface area contributed by atoms with E-state index in [0.717, 1.165) is 35.9 Å². The maximum absolute atomic E-state index is 5.31. The minimum absolute atomic E-state index is 0. The molecule has 4 nitrogen and oxygen atoms in total. The van der Waals surface area contributed by atoms with Crippen molar-refractivity contribution in [1.29, 1.82) is 0 Å². The summed E-state index contributed by atoms with van der Waals surface area (Å²) in [7, 11) is 3.74. The Morgan fingerprint density at radius 1 is 1.23 bits per heavy atom. The molecule has 22 heavy (non-hydrogen) atoms. The van der Waals surface area contributed by atoms with Crippen LogP contribution in [0.25, 0.3) is 0 Å². The SMILES string of the molecule is COc1cccc(N(C)c2nc(C)nc3c2CC(C)C3)c1.Cl. The molecule has 0 radical (unpaired) electrons. The van der Waals surface area contributed by atoms with Gasteiger partial charge in [0.15, 0.2) is 0 Å². The lowest BCUT2D eigenvalue weighted by Gasteiger charge is -2.22. The second-order valence-corrected chi connectivity index (χ2v) is 5.79. The molecule has 1 aromatic carbocycles. The molecule has 3 rings (SSSR count). The predicted octanol–water partition coefficient (Wildman–Crippen LogP) is 3.72. The van der Waals surface area contributed by atoms with Crippen molar-refractivity contribution in [2.75, 3.05) is 19.1 Å². The molecule has 1 atom stereocenters. The number of rotatable bonds is 3. The summed E-state index contributed by atoms with van der Waals surface area (Å²) in [5.41, 5.74) is 3.58. The van der Waals surface area contributed by atoms with Crippen LogP contribution in [0.4, 0.5) is 11.5 Å². The number of fused-ring (bicyclic) bond motifs is 1. The summed E-state index contributed by atoms with van der Waals surface area (Å²) in [6.07, 6.45) is 2.11. The molecule has 5 heteroatoms. The normalized spacial score (nSPS) is 15.9. The van der Waals surface area contributed by atoms with Crippen LogP contribution in [0, 0.1) is 12.8 Å². The maximum Gasteiger partial charge on any atom is 0.139 e. The van der Waals surface area contributed by atoms with Crippen LogP contribution in [-0.4, -0.2) is 24.1 Å². The number of aryl methyl sites for hydroxylation is 1. The zero-order chi connectivity index (χ0) is 15.0. The molecule has 0 amide bonds. The Morgan fingerprint density at radius 2 is 2.00 bits per heavy atom. The molecule has 1 aliphatic rings. The summed E-state index contributed by atoms with van der Waals surface area (Å²) in [5.74, 6) is 3.37. The first-order valence-electron chi connectivity index (χ1n) is 7.32. The number of hydrogen-bond donors (Lipinski definition) is 0. The fourth-order valence-corrected chi connectivity index (χ4v) is 2.99. The zero-order valence-electron chi connectivity index (χ0n) is 13.5. The Bertz CT molecular complexity index is 675. The van der Waals surface area contributed by atoms with E-state index in [1.807, 2.05) is 25.1 Å². The summed E-state index contributed by atoms with van der Waals surface area (Å²) in [6, 6.07) is 8.06. The van der Waals surface area contributed by atoms with Crippen molar-refractivity contribution in [3.63, 3.8) is 0 Å². The van der Waals surface area contributed by atoms with E-state index in [-0.39, 0.29) is 12.4 Å². The summed E-state index contributed by atoms with van der Waals surface area (Å²) >= 11 is 0. The monoisotopic (exact) mass is 319 g/mol. The van der Waals surface area contributed by atoms with Gasteiger partial charge in [-0.1, -0.05) is 13.0 Å². The number of nitrogens with zero attached hydrogens (tertiary/aromatic N) is 3. The number of anilines is 2. The lowest BCUT2D eigenvalue weighted by molar-refractivity contribution is 0.415. The quantitative estimate of drug-likeness (QED) is 0.864. The minimum atomic E-state index is 0. The Morgan fingerprint density at radius 3 is 2.73 bits per heavy atom. The molecule has 118 valence electrons. The average molecular weight is 320 g/mol. The highest BCUT2D eigenvalue weighted by Gasteiger charge is 2.25. The van der Waals surface area contributed by atoms with Gasteiger partial charge in [-0.3, -0.25) is 0 Å². The van der Waals surface area contributed by atoms with Gasteiger partial charge in [0.25, 0.3) is 0 Å². The molecule has 0 fully saturated rings. The molecule has 0 spiro atoms. The minimum Gasteiger partial charge on any atom is -0.497 e. The summed E-state index contributed by atoms with van der Waals surface area (Å²) in [6.45, 7) is 4.23. The lowest BCUT2D eigenvalue weighted by atomic mass is 10.1. The first-order valence-corrected chi connectivity index (χ1v) is 7.32. The molecule has 0 N–H and O–H groups in total. The largest absolute Gasteiger partial charge is 0.497 e. The third-order valence-electron chi connectivity index (χ3n) is 4.04. The third-order valence-corrected chi connectivity index (χ3v) is 4.04. The van der Waals surface area contributed by atoms with E-state index in [1.165, 1.54) is 11.3 Å². The molecule has 1 heterocycles. The molecule has 0 aliphatic heterocycles.